The molecule has 1 heterocycles. The normalized spacial score (nSPS) is 15.3. The Labute approximate surface area is 63.0 Å². The SMILES string of the molecule is O=C1[NH2+]C(=O)c2ccccc21. The molecule has 3 nitrogen and oxygen atoms in total. The molecule has 1 aliphatic rings. The summed E-state index contributed by atoms with van der Waals surface area (Å²) < 4.78 is 0. The van der Waals surface area contributed by atoms with Crippen LogP contribution in [0.1, 0.15) is 20.7 Å². The molecule has 0 radical (unpaired) electrons. The van der Waals surface area contributed by atoms with Gasteiger partial charge in [0.05, 0.1) is 11.1 Å². The highest BCUT2D eigenvalue weighted by molar-refractivity contribution is 6.10. The van der Waals surface area contributed by atoms with Gasteiger partial charge in [0, 0.05) is 0 Å². The van der Waals surface area contributed by atoms with Crippen LogP contribution in [0.25, 0.3) is 0 Å². The van der Waals surface area contributed by atoms with E-state index in [1.807, 2.05) is 0 Å². The minimum absolute atomic E-state index is 0.175. The molecule has 1 aromatic carbocycles. The van der Waals surface area contributed by atoms with Gasteiger partial charge in [0.15, 0.2) is 0 Å². The number of quaternary nitrogens is 1. The van der Waals surface area contributed by atoms with Crippen molar-refractivity contribution in [2.45, 2.75) is 0 Å². The van der Waals surface area contributed by atoms with Crippen LogP contribution >= 0.6 is 0 Å². The number of carbonyl (C=O) groups is 2. The molecule has 54 valence electrons. The van der Waals surface area contributed by atoms with Gasteiger partial charge < -0.3 is 0 Å². The zero-order chi connectivity index (χ0) is 7.84. The quantitative estimate of drug-likeness (QED) is 0.506. The van der Waals surface area contributed by atoms with Crippen LogP contribution in [0.3, 0.4) is 0 Å². The predicted molar refractivity (Wildman–Crippen MR) is 37.0 cm³/mol. The Bertz CT molecular complexity index is 311. The lowest BCUT2D eigenvalue weighted by atomic mass is 10.1. The highest BCUT2D eigenvalue weighted by Crippen LogP contribution is 2.09. The Morgan fingerprint density at radius 2 is 1.36 bits per heavy atom. The number of amides is 2. The highest BCUT2D eigenvalue weighted by Gasteiger charge is 2.31. The van der Waals surface area contributed by atoms with Gasteiger partial charge in [-0.05, 0) is 12.1 Å². The Hall–Kier alpha value is -1.48. The van der Waals surface area contributed by atoms with Gasteiger partial charge in [0.25, 0.3) is 0 Å². The van der Waals surface area contributed by atoms with Crippen LogP contribution in [0, 0.1) is 0 Å². The van der Waals surface area contributed by atoms with E-state index in [2.05, 4.69) is 0 Å². The molecule has 1 aromatic rings. The summed E-state index contributed by atoms with van der Waals surface area (Å²) in [6.45, 7) is 0. The molecule has 2 N–H and O–H groups in total. The van der Waals surface area contributed by atoms with Crippen molar-refractivity contribution in [2.75, 3.05) is 0 Å². The maximum atomic E-state index is 11.0. The van der Waals surface area contributed by atoms with Crippen LogP contribution in [-0.2, 0) is 0 Å². The van der Waals surface area contributed by atoms with E-state index in [1.54, 1.807) is 24.3 Å². The number of nitrogens with two attached hydrogens (primary N) is 1. The summed E-state index contributed by atoms with van der Waals surface area (Å²) in [6, 6.07) is 6.84. The average Bonchev–Trinajstić information content (AvgIpc) is 2.30. The maximum Gasteiger partial charge on any atom is 0.351 e. The van der Waals surface area contributed by atoms with E-state index in [1.165, 1.54) is 0 Å². The van der Waals surface area contributed by atoms with Crippen LogP contribution < -0.4 is 5.32 Å². The Morgan fingerprint density at radius 3 is 1.82 bits per heavy atom. The molecule has 0 bridgehead atoms. The van der Waals surface area contributed by atoms with Crippen molar-refractivity contribution in [3.05, 3.63) is 35.4 Å². The molecule has 0 atom stereocenters. The van der Waals surface area contributed by atoms with Crippen LogP contribution in [-0.4, -0.2) is 11.8 Å². The largest absolute Gasteiger partial charge is 0.351 e. The zero-order valence-corrected chi connectivity index (χ0v) is 5.70. The molecular weight excluding hydrogens is 142 g/mol. The van der Waals surface area contributed by atoms with E-state index in [4.69, 9.17) is 0 Å². The van der Waals surface area contributed by atoms with Crippen LogP contribution in [0.2, 0.25) is 0 Å². The fourth-order valence-corrected chi connectivity index (χ4v) is 1.19. The van der Waals surface area contributed by atoms with Crippen LogP contribution in [0.4, 0.5) is 0 Å². The summed E-state index contributed by atoms with van der Waals surface area (Å²) in [6.07, 6.45) is 0. The van der Waals surface area contributed by atoms with Gasteiger partial charge in [-0.25, -0.2) is 14.9 Å². The molecule has 0 aliphatic carbocycles. The fourth-order valence-electron chi connectivity index (χ4n) is 1.19. The fraction of sp³-hybridized carbons (Fsp3) is 0. The number of benzene rings is 1. The second-order valence-corrected chi connectivity index (χ2v) is 2.42. The lowest BCUT2D eigenvalue weighted by Gasteiger charge is -1.85. The van der Waals surface area contributed by atoms with Crippen molar-refractivity contribution in [3.63, 3.8) is 0 Å². The summed E-state index contributed by atoms with van der Waals surface area (Å²) in [5.41, 5.74) is 1.05. The average molecular weight is 148 g/mol. The van der Waals surface area contributed by atoms with E-state index >= 15 is 0 Å². The van der Waals surface area contributed by atoms with Crippen LogP contribution in [0.15, 0.2) is 24.3 Å². The molecule has 0 aromatic heterocycles. The van der Waals surface area contributed by atoms with Crippen molar-refractivity contribution in [3.8, 4) is 0 Å². The molecular formula is C8H6NO2+. The zero-order valence-electron chi connectivity index (χ0n) is 5.70. The number of carbonyl (C=O) groups excluding carboxylic acids is 2. The first kappa shape index (κ1) is 6.24. The highest BCUT2D eigenvalue weighted by atomic mass is 16.2. The van der Waals surface area contributed by atoms with Gasteiger partial charge in [-0.2, -0.15) is 0 Å². The van der Waals surface area contributed by atoms with Crippen LogP contribution in [0.5, 0.6) is 0 Å². The van der Waals surface area contributed by atoms with Gasteiger partial charge in [-0.1, -0.05) is 12.1 Å². The van der Waals surface area contributed by atoms with Crippen molar-refractivity contribution < 1.29 is 14.9 Å². The monoisotopic (exact) mass is 148 g/mol. The number of fused-ring (bicyclic) bond motifs is 1. The number of hydrogen-bond donors (Lipinski definition) is 1. The minimum Gasteiger partial charge on any atom is -0.225 e. The van der Waals surface area contributed by atoms with Crippen molar-refractivity contribution >= 4 is 11.8 Å². The maximum absolute atomic E-state index is 11.0. The van der Waals surface area contributed by atoms with E-state index in [0.29, 0.717) is 11.1 Å². The molecule has 0 fully saturated rings. The van der Waals surface area contributed by atoms with Gasteiger partial charge in [-0.3, -0.25) is 0 Å². The molecule has 3 heteroatoms. The molecule has 2 amide bonds. The molecule has 0 saturated heterocycles. The number of hydrogen-bond acceptors (Lipinski definition) is 2. The van der Waals surface area contributed by atoms with Crippen molar-refractivity contribution in [1.29, 1.82) is 0 Å². The summed E-state index contributed by atoms with van der Waals surface area (Å²) in [5, 5.41) is 1.13. The molecule has 11 heavy (non-hydrogen) atoms. The second kappa shape index (κ2) is 2.00. The van der Waals surface area contributed by atoms with Crippen molar-refractivity contribution in [1.82, 2.24) is 0 Å². The number of imide groups is 1. The molecule has 0 unspecified atom stereocenters. The third kappa shape index (κ3) is 0.782. The third-order valence-electron chi connectivity index (χ3n) is 1.72. The molecule has 1 aliphatic heterocycles. The molecule has 0 spiro atoms. The van der Waals surface area contributed by atoms with E-state index in [-0.39, 0.29) is 11.8 Å². The van der Waals surface area contributed by atoms with Gasteiger partial charge in [0.2, 0.25) is 0 Å². The Morgan fingerprint density at radius 1 is 0.909 bits per heavy atom. The van der Waals surface area contributed by atoms with Crippen molar-refractivity contribution in [2.24, 2.45) is 0 Å². The molecule has 2 rings (SSSR count). The minimum atomic E-state index is -0.175. The Balaban J connectivity index is 2.69. The van der Waals surface area contributed by atoms with Gasteiger partial charge >= 0.3 is 11.8 Å². The van der Waals surface area contributed by atoms with E-state index < -0.39 is 0 Å². The first-order valence-corrected chi connectivity index (χ1v) is 3.31. The molecule has 0 saturated carbocycles. The van der Waals surface area contributed by atoms with Gasteiger partial charge in [-0.15, -0.1) is 0 Å². The number of rotatable bonds is 0. The lowest BCUT2D eigenvalue weighted by Crippen LogP contribution is -2.88. The first-order chi connectivity index (χ1) is 5.29. The number of primary amides is 2. The summed E-state index contributed by atoms with van der Waals surface area (Å²) >= 11 is 0. The first-order valence-electron chi connectivity index (χ1n) is 3.31. The standard InChI is InChI=1S/C8H5NO2/c10-7-5-3-1-2-4-6(5)8(11)9-7/h1-4H,(H,9,10,11)/p+1. The smallest absolute Gasteiger partial charge is 0.225 e. The summed E-state index contributed by atoms with van der Waals surface area (Å²) in [5.74, 6) is -0.351. The summed E-state index contributed by atoms with van der Waals surface area (Å²) in [7, 11) is 0. The predicted octanol–water partition coefficient (Wildman–Crippen LogP) is -0.456. The van der Waals surface area contributed by atoms with Gasteiger partial charge in [0.1, 0.15) is 0 Å². The summed E-state index contributed by atoms with van der Waals surface area (Å²) in [4.78, 5) is 22.0. The lowest BCUT2D eigenvalue weighted by molar-refractivity contribution is -0.445. The Kier molecular flexibility index (Phi) is 1.14. The second-order valence-electron chi connectivity index (χ2n) is 2.42. The third-order valence-corrected chi connectivity index (χ3v) is 1.72. The topological polar surface area (TPSA) is 50.8 Å². The van der Waals surface area contributed by atoms with E-state index in [9.17, 15) is 9.59 Å². The van der Waals surface area contributed by atoms with E-state index in [0.717, 1.165) is 5.32 Å².